The van der Waals surface area contributed by atoms with E-state index >= 15 is 0 Å². The van der Waals surface area contributed by atoms with E-state index in [4.69, 9.17) is 4.74 Å². The molecule has 0 amide bonds. The summed E-state index contributed by atoms with van der Waals surface area (Å²) in [4.78, 5) is 0. The second-order valence-electron chi connectivity index (χ2n) is 4.10. The average molecular weight is 207 g/mol. The first-order valence-electron chi connectivity index (χ1n) is 5.64. The maximum Gasteiger partial charge on any atom is 0.119 e. The van der Waals surface area contributed by atoms with Gasteiger partial charge in [0.25, 0.3) is 0 Å². The predicted molar refractivity (Wildman–Crippen MR) is 64.2 cm³/mol. The van der Waals surface area contributed by atoms with Crippen LogP contribution in [0.15, 0.2) is 24.3 Å². The van der Waals surface area contributed by atoms with E-state index in [-0.39, 0.29) is 0 Å². The lowest BCUT2D eigenvalue weighted by Gasteiger charge is -2.08. The molecule has 0 saturated carbocycles. The number of hydrogen-bond donors (Lipinski definition) is 1. The maximum atomic E-state index is 5.38. The molecule has 2 heteroatoms. The molecule has 0 unspecified atom stereocenters. The van der Waals surface area contributed by atoms with E-state index in [1.165, 1.54) is 5.56 Å². The zero-order chi connectivity index (χ0) is 11.1. The van der Waals surface area contributed by atoms with Crippen molar-refractivity contribution in [3.8, 4) is 5.75 Å². The molecule has 0 aliphatic rings. The summed E-state index contributed by atoms with van der Waals surface area (Å²) in [6, 6.07) is 8.27. The molecule has 0 aromatic heterocycles. The predicted octanol–water partition coefficient (Wildman–Crippen LogP) is 2.83. The third-order valence-electron chi connectivity index (χ3n) is 2.12. The third-order valence-corrected chi connectivity index (χ3v) is 2.12. The van der Waals surface area contributed by atoms with Gasteiger partial charge in [0, 0.05) is 6.54 Å². The fraction of sp³-hybridized carbons (Fsp3) is 0.538. The van der Waals surface area contributed by atoms with E-state index in [1.807, 2.05) is 19.1 Å². The molecular weight excluding hydrogens is 186 g/mol. The zero-order valence-corrected chi connectivity index (χ0v) is 9.92. The van der Waals surface area contributed by atoms with Gasteiger partial charge in [-0.3, -0.25) is 0 Å². The van der Waals surface area contributed by atoms with Crippen LogP contribution >= 0.6 is 0 Å². The minimum absolute atomic E-state index is 0.702. The van der Waals surface area contributed by atoms with Crippen LogP contribution in [0.4, 0.5) is 0 Å². The van der Waals surface area contributed by atoms with E-state index in [0.717, 1.165) is 25.4 Å². The van der Waals surface area contributed by atoms with Crippen molar-refractivity contribution < 1.29 is 4.74 Å². The molecule has 1 aromatic rings. The number of benzene rings is 1. The molecule has 0 saturated heterocycles. The number of ether oxygens (including phenoxy) is 1. The first kappa shape index (κ1) is 12.1. The standard InChI is InChI=1S/C13H21NO/c1-4-15-13-7-5-12(6-8-13)10-14-9-11(2)3/h5-8,11,14H,4,9-10H2,1-3H3. The summed E-state index contributed by atoms with van der Waals surface area (Å²) in [5, 5.41) is 3.41. The van der Waals surface area contributed by atoms with Crippen LogP contribution in [-0.4, -0.2) is 13.2 Å². The molecule has 0 atom stereocenters. The summed E-state index contributed by atoms with van der Waals surface area (Å²) in [6.07, 6.45) is 0. The highest BCUT2D eigenvalue weighted by atomic mass is 16.5. The molecule has 0 aliphatic carbocycles. The van der Waals surface area contributed by atoms with Gasteiger partial charge in [-0.1, -0.05) is 26.0 Å². The van der Waals surface area contributed by atoms with Crippen molar-refractivity contribution in [2.75, 3.05) is 13.2 Å². The van der Waals surface area contributed by atoms with Gasteiger partial charge in [0.2, 0.25) is 0 Å². The number of hydrogen-bond acceptors (Lipinski definition) is 2. The highest BCUT2D eigenvalue weighted by molar-refractivity contribution is 5.27. The summed E-state index contributed by atoms with van der Waals surface area (Å²) in [5.74, 6) is 1.65. The zero-order valence-electron chi connectivity index (χ0n) is 9.92. The SMILES string of the molecule is CCOc1ccc(CNCC(C)C)cc1. The molecule has 0 radical (unpaired) electrons. The minimum Gasteiger partial charge on any atom is -0.494 e. The van der Waals surface area contributed by atoms with Crippen molar-refractivity contribution >= 4 is 0 Å². The van der Waals surface area contributed by atoms with Crippen molar-refractivity contribution in [1.82, 2.24) is 5.32 Å². The monoisotopic (exact) mass is 207 g/mol. The van der Waals surface area contributed by atoms with E-state index in [2.05, 4.69) is 31.3 Å². The van der Waals surface area contributed by atoms with E-state index in [9.17, 15) is 0 Å². The Hall–Kier alpha value is -1.02. The Morgan fingerprint density at radius 3 is 2.40 bits per heavy atom. The lowest BCUT2D eigenvalue weighted by molar-refractivity contribution is 0.340. The lowest BCUT2D eigenvalue weighted by atomic mass is 10.2. The fourth-order valence-corrected chi connectivity index (χ4v) is 1.38. The first-order valence-corrected chi connectivity index (χ1v) is 5.64. The van der Waals surface area contributed by atoms with Gasteiger partial charge in [0.1, 0.15) is 5.75 Å². The highest BCUT2D eigenvalue weighted by Crippen LogP contribution is 2.11. The summed E-state index contributed by atoms with van der Waals surface area (Å²) in [5.41, 5.74) is 1.30. The quantitative estimate of drug-likeness (QED) is 0.774. The van der Waals surface area contributed by atoms with Crippen LogP contribution in [0.5, 0.6) is 5.75 Å². The second-order valence-corrected chi connectivity index (χ2v) is 4.10. The molecule has 1 rings (SSSR count). The van der Waals surface area contributed by atoms with Gasteiger partial charge < -0.3 is 10.1 Å². The van der Waals surface area contributed by atoms with E-state index in [0.29, 0.717) is 5.92 Å². The molecular formula is C13H21NO. The average Bonchev–Trinajstić information content (AvgIpc) is 2.20. The molecule has 1 aromatic carbocycles. The molecule has 0 heterocycles. The number of nitrogens with one attached hydrogen (secondary N) is 1. The summed E-state index contributed by atoms with van der Waals surface area (Å²) < 4.78 is 5.38. The van der Waals surface area contributed by atoms with Crippen LogP contribution in [0.2, 0.25) is 0 Å². The molecule has 1 N–H and O–H groups in total. The van der Waals surface area contributed by atoms with Crippen molar-refractivity contribution in [3.63, 3.8) is 0 Å². The van der Waals surface area contributed by atoms with Crippen LogP contribution < -0.4 is 10.1 Å². The molecule has 0 bridgehead atoms. The normalized spacial score (nSPS) is 10.7. The van der Waals surface area contributed by atoms with Gasteiger partial charge >= 0.3 is 0 Å². The van der Waals surface area contributed by atoms with Crippen molar-refractivity contribution in [2.45, 2.75) is 27.3 Å². The molecule has 0 fully saturated rings. The van der Waals surface area contributed by atoms with Crippen LogP contribution in [0.1, 0.15) is 26.3 Å². The highest BCUT2D eigenvalue weighted by Gasteiger charge is 1.96. The van der Waals surface area contributed by atoms with Crippen LogP contribution in [0.3, 0.4) is 0 Å². The van der Waals surface area contributed by atoms with Gasteiger partial charge in [-0.15, -0.1) is 0 Å². The second kappa shape index (κ2) is 6.46. The Kier molecular flexibility index (Phi) is 5.19. The Bertz CT molecular complexity index is 266. The van der Waals surface area contributed by atoms with E-state index in [1.54, 1.807) is 0 Å². The summed E-state index contributed by atoms with van der Waals surface area (Å²) >= 11 is 0. The lowest BCUT2D eigenvalue weighted by Crippen LogP contribution is -2.18. The molecule has 15 heavy (non-hydrogen) atoms. The van der Waals surface area contributed by atoms with Gasteiger partial charge in [0.05, 0.1) is 6.61 Å². The van der Waals surface area contributed by atoms with Crippen molar-refractivity contribution in [2.24, 2.45) is 5.92 Å². The summed E-state index contributed by atoms with van der Waals surface area (Å²) in [6.45, 7) is 9.15. The van der Waals surface area contributed by atoms with E-state index < -0.39 is 0 Å². The van der Waals surface area contributed by atoms with Crippen LogP contribution in [-0.2, 0) is 6.54 Å². The van der Waals surface area contributed by atoms with Crippen molar-refractivity contribution in [3.05, 3.63) is 29.8 Å². The summed E-state index contributed by atoms with van der Waals surface area (Å²) in [7, 11) is 0. The minimum atomic E-state index is 0.702. The van der Waals surface area contributed by atoms with Gasteiger partial charge in [-0.05, 0) is 37.1 Å². The van der Waals surface area contributed by atoms with Crippen LogP contribution in [0.25, 0.3) is 0 Å². The smallest absolute Gasteiger partial charge is 0.119 e. The molecule has 2 nitrogen and oxygen atoms in total. The third kappa shape index (κ3) is 4.84. The maximum absolute atomic E-state index is 5.38. The Morgan fingerprint density at radius 1 is 1.20 bits per heavy atom. The molecule has 84 valence electrons. The first-order chi connectivity index (χ1) is 7.22. The Labute approximate surface area is 92.6 Å². The molecule has 0 aliphatic heterocycles. The Balaban J connectivity index is 2.36. The van der Waals surface area contributed by atoms with Crippen molar-refractivity contribution in [1.29, 1.82) is 0 Å². The largest absolute Gasteiger partial charge is 0.494 e. The molecule has 0 spiro atoms. The topological polar surface area (TPSA) is 21.3 Å². The Morgan fingerprint density at radius 2 is 1.87 bits per heavy atom. The van der Waals surface area contributed by atoms with Gasteiger partial charge in [-0.2, -0.15) is 0 Å². The number of rotatable bonds is 6. The van der Waals surface area contributed by atoms with Crippen LogP contribution in [0, 0.1) is 5.92 Å². The van der Waals surface area contributed by atoms with Gasteiger partial charge in [-0.25, -0.2) is 0 Å². The fourth-order valence-electron chi connectivity index (χ4n) is 1.38. The van der Waals surface area contributed by atoms with Gasteiger partial charge in [0.15, 0.2) is 0 Å².